The lowest BCUT2D eigenvalue weighted by molar-refractivity contribution is -0.139. The van der Waals surface area contributed by atoms with Gasteiger partial charge in [-0.1, -0.05) is 36.2 Å². The highest BCUT2D eigenvalue weighted by Crippen LogP contribution is 2.34. The Labute approximate surface area is 222 Å². The van der Waals surface area contributed by atoms with E-state index in [-0.39, 0.29) is 18.0 Å². The predicted octanol–water partition coefficient (Wildman–Crippen LogP) is 3.72. The van der Waals surface area contributed by atoms with Crippen molar-refractivity contribution in [2.45, 2.75) is 32.9 Å². The number of sulfonamides is 1. The molecule has 0 aliphatic carbocycles. The van der Waals surface area contributed by atoms with Crippen LogP contribution in [0.25, 0.3) is 0 Å². The number of rotatable bonds is 12. The Kier molecular flexibility index (Phi) is 10.7. The van der Waals surface area contributed by atoms with Crippen LogP contribution in [0.4, 0.5) is 5.69 Å². The number of nitrogens with zero attached hydrogens (tertiary/aromatic N) is 2. The van der Waals surface area contributed by atoms with E-state index in [1.54, 1.807) is 37.3 Å². The number of benzene rings is 2. The van der Waals surface area contributed by atoms with Crippen molar-refractivity contribution in [3.63, 3.8) is 0 Å². The van der Waals surface area contributed by atoms with Gasteiger partial charge in [-0.15, -0.1) is 0 Å². The largest absolute Gasteiger partial charge is 0.497 e. The van der Waals surface area contributed by atoms with Crippen LogP contribution in [0.3, 0.4) is 0 Å². The molecule has 2 amide bonds. The van der Waals surface area contributed by atoms with Crippen molar-refractivity contribution >= 4 is 50.7 Å². The maximum absolute atomic E-state index is 13.7. The van der Waals surface area contributed by atoms with Gasteiger partial charge in [-0.2, -0.15) is 0 Å². The van der Waals surface area contributed by atoms with E-state index in [4.69, 9.17) is 32.7 Å². The van der Waals surface area contributed by atoms with Gasteiger partial charge in [-0.3, -0.25) is 13.9 Å². The first-order valence-corrected chi connectivity index (χ1v) is 13.7. The summed E-state index contributed by atoms with van der Waals surface area (Å²) >= 11 is 12.7. The number of ether oxygens (including phenoxy) is 2. The summed E-state index contributed by atoms with van der Waals surface area (Å²) in [6.07, 6.45) is 1.69. The van der Waals surface area contributed by atoms with E-state index in [2.05, 4.69) is 5.32 Å². The summed E-state index contributed by atoms with van der Waals surface area (Å²) in [4.78, 5) is 27.7. The molecule has 1 atom stereocenters. The Morgan fingerprint density at radius 3 is 2.25 bits per heavy atom. The van der Waals surface area contributed by atoms with E-state index in [1.165, 1.54) is 25.2 Å². The molecule has 0 saturated heterocycles. The molecule has 2 aromatic carbocycles. The van der Waals surface area contributed by atoms with Gasteiger partial charge in [0.15, 0.2) is 0 Å². The monoisotopic (exact) mass is 559 g/mol. The molecule has 1 N–H and O–H groups in total. The van der Waals surface area contributed by atoms with Crippen LogP contribution in [-0.2, 0) is 26.2 Å². The molecule has 198 valence electrons. The molecule has 0 radical (unpaired) electrons. The third-order valence-corrected chi connectivity index (χ3v) is 7.28. The molecule has 0 aliphatic rings. The summed E-state index contributed by atoms with van der Waals surface area (Å²) in [5, 5.41) is 3.40. The minimum atomic E-state index is -3.96. The molecule has 2 rings (SSSR count). The highest BCUT2D eigenvalue weighted by atomic mass is 35.5. The van der Waals surface area contributed by atoms with Crippen LogP contribution in [0.2, 0.25) is 10.0 Å². The lowest BCUT2D eigenvalue weighted by atomic mass is 10.1. The molecule has 2 aromatic rings. The van der Waals surface area contributed by atoms with Crippen LogP contribution in [-0.4, -0.2) is 64.7 Å². The summed E-state index contributed by atoms with van der Waals surface area (Å²) in [5.41, 5.74) is 0.556. The molecule has 9 nitrogen and oxygen atoms in total. The number of nitrogens with one attached hydrogen (secondary N) is 1. The Morgan fingerprint density at radius 2 is 1.72 bits per heavy atom. The Bertz CT molecular complexity index is 1170. The van der Waals surface area contributed by atoms with Crippen molar-refractivity contribution < 1.29 is 27.5 Å². The van der Waals surface area contributed by atoms with E-state index < -0.39 is 34.4 Å². The van der Waals surface area contributed by atoms with Gasteiger partial charge in [0.2, 0.25) is 21.8 Å². The summed E-state index contributed by atoms with van der Waals surface area (Å²) in [6, 6.07) is 8.58. The first-order valence-electron chi connectivity index (χ1n) is 11.1. The van der Waals surface area contributed by atoms with Gasteiger partial charge >= 0.3 is 0 Å². The number of hydrogen-bond acceptors (Lipinski definition) is 6. The first kappa shape index (κ1) is 29.5. The number of amides is 2. The number of anilines is 1. The average molecular weight is 561 g/mol. The molecule has 0 heterocycles. The van der Waals surface area contributed by atoms with Crippen LogP contribution in [0, 0.1) is 0 Å². The second-order valence-electron chi connectivity index (χ2n) is 8.00. The standard InChI is InChI=1S/C24H31Cl2N3O6S/c1-6-12-27-24(31)16(2)28(14-18-19(25)8-7-9-20(18)26)23(30)15-29(36(5,32)33)21-13-17(34-3)10-11-22(21)35-4/h7-11,13,16H,6,12,14-15H2,1-5H3,(H,27,31)/t16-/m0/s1. The molecule has 12 heteroatoms. The summed E-state index contributed by atoms with van der Waals surface area (Å²) in [5.74, 6) is -0.430. The van der Waals surface area contributed by atoms with Crippen molar-refractivity contribution in [1.82, 2.24) is 10.2 Å². The van der Waals surface area contributed by atoms with Crippen molar-refractivity contribution in [1.29, 1.82) is 0 Å². The molecule has 36 heavy (non-hydrogen) atoms. The quantitative estimate of drug-likeness (QED) is 0.425. The lowest BCUT2D eigenvalue weighted by Crippen LogP contribution is -2.51. The molecule has 0 aromatic heterocycles. The van der Waals surface area contributed by atoms with Gasteiger partial charge in [-0.05, 0) is 37.6 Å². The van der Waals surface area contributed by atoms with E-state index in [0.29, 0.717) is 34.3 Å². The fraction of sp³-hybridized carbons (Fsp3) is 0.417. The normalized spacial score (nSPS) is 12.0. The molecule has 0 bridgehead atoms. The van der Waals surface area contributed by atoms with Crippen molar-refractivity contribution in [2.75, 3.05) is 37.9 Å². The number of carbonyl (C=O) groups is 2. The lowest BCUT2D eigenvalue weighted by Gasteiger charge is -2.32. The van der Waals surface area contributed by atoms with Crippen molar-refractivity contribution in [3.05, 3.63) is 52.0 Å². The van der Waals surface area contributed by atoms with Crippen LogP contribution in [0.15, 0.2) is 36.4 Å². The molecule has 0 fully saturated rings. The maximum atomic E-state index is 13.7. The Hall–Kier alpha value is -2.69. The van der Waals surface area contributed by atoms with Crippen LogP contribution < -0.4 is 19.1 Å². The fourth-order valence-electron chi connectivity index (χ4n) is 3.42. The molecule has 0 aliphatic heterocycles. The van der Waals surface area contributed by atoms with Crippen LogP contribution in [0.5, 0.6) is 11.5 Å². The zero-order valence-electron chi connectivity index (χ0n) is 20.9. The third-order valence-electron chi connectivity index (χ3n) is 5.44. The van der Waals surface area contributed by atoms with E-state index >= 15 is 0 Å². The molecular formula is C24H31Cl2N3O6S. The number of carbonyl (C=O) groups excluding carboxylic acids is 2. The topological polar surface area (TPSA) is 105 Å². The number of halogens is 2. The highest BCUT2D eigenvalue weighted by molar-refractivity contribution is 7.92. The Morgan fingerprint density at radius 1 is 1.08 bits per heavy atom. The maximum Gasteiger partial charge on any atom is 0.244 e. The first-order chi connectivity index (χ1) is 16.9. The van der Waals surface area contributed by atoms with Gasteiger partial charge in [0.25, 0.3) is 0 Å². The molecule has 0 saturated carbocycles. The van der Waals surface area contributed by atoms with E-state index in [9.17, 15) is 18.0 Å². The van der Waals surface area contributed by atoms with E-state index in [1.807, 2.05) is 6.92 Å². The van der Waals surface area contributed by atoms with Gasteiger partial charge in [0.1, 0.15) is 24.1 Å². The van der Waals surface area contributed by atoms with Crippen LogP contribution >= 0.6 is 23.2 Å². The molecular weight excluding hydrogens is 529 g/mol. The van der Waals surface area contributed by atoms with Gasteiger partial charge in [0.05, 0.1) is 26.2 Å². The van der Waals surface area contributed by atoms with Gasteiger partial charge < -0.3 is 19.7 Å². The van der Waals surface area contributed by atoms with Crippen LogP contribution in [0.1, 0.15) is 25.8 Å². The second-order valence-corrected chi connectivity index (χ2v) is 10.7. The van der Waals surface area contributed by atoms with Gasteiger partial charge in [0, 0.05) is 34.8 Å². The van der Waals surface area contributed by atoms with Crippen molar-refractivity contribution in [3.8, 4) is 11.5 Å². The minimum absolute atomic E-state index is 0.106. The third kappa shape index (κ3) is 7.41. The van der Waals surface area contributed by atoms with E-state index in [0.717, 1.165) is 10.6 Å². The zero-order valence-corrected chi connectivity index (χ0v) is 23.2. The fourth-order valence-corrected chi connectivity index (χ4v) is 4.78. The summed E-state index contributed by atoms with van der Waals surface area (Å²) in [6.45, 7) is 3.18. The second kappa shape index (κ2) is 13.0. The summed E-state index contributed by atoms with van der Waals surface area (Å²) in [7, 11) is -1.13. The summed E-state index contributed by atoms with van der Waals surface area (Å²) < 4.78 is 37.1. The van der Waals surface area contributed by atoms with Crippen molar-refractivity contribution in [2.24, 2.45) is 0 Å². The Balaban J connectivity index is 2.52. The SMILES string of the molecule is CCCNC(=O)[C@H](C)N(Cc1c(Cl)cccc1Cl)C(=O)CN(c1cc(OC)ccc1OC)S(C)(=O)=O. The molecule has 0 unspecified atom stereocenters. The number of methoxy groups -OCH3 is 2. The van der Waals surface area contributed by atoms with Gasteiger partial charge in [-0.25, -0.2) is 8.42 Å². The highest BCUT2D eigenvalue weighted by Gasteiger charge is 2.32. The average Bonchev–Trinajstić information content (AvgIpc) is 2.84. The number of hydrogen-bond donors (Lipinski definition) is 1. The smallest absolute Gasteiger partial charge is 0.244 e. The predicted molar refractivity (Wildman–Crippen MR) is 142 cm³/mol. The molecule has 0 spiro atoms. The zero-order chi connectivity index (χ0) is 27.0. The minimum Gasteiger partial charge on any atom is -0.497 e.